The lowest BCUT2D eigenvalue weighted by atomic mass is 10.1. The number of benzene rings is 1. The minimum Gasteiger partial charge on any atom is -0.497 e. The third-order valence-electron chi connectivity index (χ3n) is 3.93. The zero-order valence-corrected chi connectivity index (χ0v) is 15.4. The molecule has 3 rings (SSSR count). The Morgan fingerprint density at radius 2 is 1.92 bits per heavy atom. The van der Waals surface area contributed by atoms with Gasteiger partial charge in [0.2, 0.25) is 5.91 Å². The van der Waals surface area contributed by atoms with Crippen LogP contribution in [0.15, 0.2) is 35.2 Å². The summed E-state index contributed by atoms with van der Waals surface area (Å²) in [6.07, 6.45) is 0. The van der Waals surface area contributed by atoms with Crippen LogP contribution in [-0.2, 0) is 19.6 Å². The number of carbonyl (C=O) groups is 2. The lowest BCUT2D eigenvalue weighted by molar-refractivity contribution is -0.132. The molecular formula is C16H16N2O5S2. The van der Waals surface area contributed by atoms with Crippen LogP contribution in [0.5, 0.6) is 5.75 Å². The van der Waals surface area contributed by atoms with Crippen molar-refractivity contribution in [3.8, 4) is 5.75 Å². The van der Waals surface area contributed by atoms with Crippen LogP contribution in [-0.4, -0.2) is 38.7 Å². The summed E-state index contributed by atoms with van der Waals surface area (Å²) < 4.78 is 30.5. The van der Waals surface area contributed by atoms with Gasteiger partial charge in [0.25, 0.3) is 15.9 Å². The van der Waals surface area contributed by atoms with Gasteiger partial charge in [-0.1, -0.05) is 0 Å². The van der Waals surface area contributed by atoms with Crippen molar-refractivity contribution in [3.63, 3.8) is 0 Å². The second-order valence-corrected chi connectivity index (χ2v) is 8.77. The molecule has 25 heavy (non-hydrogen) atoms. The van der Waals surface area contributed by atoms with Crippen LogP contribution in [0, 0.1) is 6.92 Å². The maximum Gasteiger partial charge on any atom is 0.267 e. The van der Waals surface area contributed by atoms with Crippen molar-refractivity contribution >= 4 is 38.9 Å². The predicted octanol–water partition coefficient (Wildman–Crippen LogP) is 1.95. The molecule has 1 unspecified atom stereocenters. The molecule has 0 saturated carbocycles. The maximum atomic E-state index is 12.7. The van der Waals surface area contributed by atoms with Crippen molar-refractivity contribution in [1.29, 1.82) is 0 Å². The molecule has 0 saturated heterocycles. The van der Waals surface area contributed by atoms with Gasteiger partial charge in [0.1, 0.15) is 10.6 Å². The molecule has 1 aliphatic heterocycles. The van der Waals surface area contributed by atoms with E-state index < -0.39 is 27.8 Å². The predicted molar refractivity (Wildman–Crippen MR) is 93.4 cm³/mol. The van der Waals surface area contributed by atoms with Gasteiger partial charge in [-0.3, -0.25) is 9.59 Å². The van der Waals surface area contributed by atoms with E-state index in [1.54, 1.807) is 31.2 Å². The second-order valence-electron chi connectivity index (χ2n) is 5.55. The van der Waals surface area contributed by atoms with Crippen LogP contribution in [0.4, 0.5) is 5.69 Å². The van der Waals surface area contributed by atoms with Gasteiger partial charge in [-0.15, -0.1) is 11.3 Å². The Labute approximate surface area is 149 Å². The quantitative estimate of drug-likeness (QED) is 0.822. The monoisotopic (exact) mass is 380 g/mol. The number of amides is 2. The van der Waals surface area contributed by atoms with E-state index in [2.05, 4.69) is 5.32 Å². The Hall–Kier alpha value is -2.39. The topological polar surface area (TPSA) is 92.8 Å². The summed E-state index contributed by atoms with van der Waals surface area (Å²) in [6, 6.07) is 8.13. The van der Waals surface area contributed by atoms with Gasteiger partial charge >= 0.3 is 0 Å². The van der Waals surface area contributed by atoms with E-state index in [0.717, 1.165) is 16.2 Å². The summed E-state index contributed by atoms with van der Waals surface area (Å²) >= 11 is 1.14. The molecule has 0 aliphatic carbocycles. The van der Waals surface area contributed by atoms with Crippen LogP contribution in [0.1, 0.15) is 15.7 Å². The molecule has 0 spiro atoms. The Bertz CT molecular complexity index is 947. The van der Waals surface area contributed by atoms with Crippen molar-refractivity contribution < 1.29 is 22.7 Å². The number of hydrogen-bond acceptors (Lipinski definition) is 6. The highest BCUT2D eigenvalue weighted by atomic mass is 32.2. The molecule has 1 aliphatic rings. The Kier molecular flexibility index (Phi) is 4.29. The number of hydrogen-bond donors (Lipinski definition) is 1. The normalized spacial score (nSPS) is 18.6. The van der Waals surface area contributed by atoms with Crippen LogP contribution < -0.4 is 10.1 Å². The fourth-order valence-corrected chi connectivity index (χ4v) is 5.45. The fraction of sp³-hybridized carbons (Fsp3) is 0.250. The minimum atomic E-state index is -3.90. The van der Waals surface area contributed by atoms with E-state index in [4.69, 9.17) is 4.74 Å². The molecule has 0 fully saturated rings. The van der Waals surface area contributed by atoms with E-state index in [1.807, 2.05) is 0 Å². The molecule has 1 N–H and O–H groups in total. The molecule has 132 valence electrons. The highest BCUT2D eigenvalue weighted by Gasteiger charge is 2.46. The average Bonchev–Trinajstić information content (AvgIpc) is 2.96. The number of nitrogens with one attached hydrogen (secondary N) is 1. The molecule has 7 nitrogen and oxygen atoms in total. The number of rotatable bonds is 3. The molecule has 0 bridgehead atoms. The molecule has 0 radical (unpaired) electrons. The van der Waals surface area contributed by atoms with E-state index in [9.17, 15) is 18.0 Å². The summed E-state index contributed by atoms with van der Waals surface area (Å²) in [7, 11) is -1.20. The number of fused-ring (bicyclic) bond motifs is 1. The molecular weight excluding hydrogens is 364 g/mol. The van der Waals surface area contributed by atoms with E-state index in [0.29, 0.717) is 15.7 Å². The van der Waals surface area contributed by atoms with E-state index >= 15 is 0 Å². The molecule has 2 amide bonds. The molecule has 1 aromatic carbocycles. The second kappa shape index (κ2) is 6.16. The smallest absolute Gasteiger partial charge is 0.267 e. The highest BCUT2D eigenvalue weighted by molar-refractivity contribution is 7.90. The third-order valence-corrected chi connectivity index (χ3v) is 6.97. The van der Waals surface area contributed by atoms with Crippen molar-refractivity contribution in [2.45, 2.75) is 17.7 Å². The third kappa shape index (κ3) is 2.89. The number of anilines is 1. The first kappa shape index (κ1) is 17.4. The van der Waals surface area contributed by atoms with Gasteiger partial charge < -0.3 is 10.1 Å². The van der Waals surface area contributed by atoms with Crippen LogP contribution >= 0.6 is 11.3 Å². The first-order valence-electron chi connectivity index (χ1n) is 7.33. The number of thiophene rings is 1. The lowest BCUT2D eigenvalue weighted by Gasteiger charge is -2.28. The van der Waals surface area contributed by atoms with Crippen LogP contribution in [0.2, 0.25) is 0 Å². The highest BCUT2D eigenvalue weighted by Crippen LogP contribution is 2.40. The van der Waals surface area contributed by atoms with Gasteiger partial charge in [0, 0.05) is 22.5 Å². The van der Waals surface area contributed by atoms with Gasteiger partial charge in [0.15, 0.2) is 5.92 Å². The van der Waals surface area contributed by atoms with Crippen LogP contribution in [0.3, 0.4) is 0 Å². The number of aryl methyl sites for hydroxylation is 1. The van der Waals surface area contributed by atoms with Gasteiger partial charge in [0.05, 0.1) is 7.11 Å². The molecule has 9 heteroatoms. The summed E-state index contributed by atoms with van der Waals surface area (Å²) in [5, 5.41) is 2.66. The molecule has 2 heterocycles. The molecule has 1 aromatic heterocycles. The summed E-state index contributed by atoms with van der Waals surface area (Å²) in [4.78, 5) is 26.2. The van der Waals surface area contributed by atoms with Gasteiger partial charge in [-0.05, 0) is 37.3 Å². The number of likely N-dealkylation sites (N-methyl/N-ethyl adjacent to an activating group) is 1. The summed E-state index contributed by atoms with van der Waals surface area (Å²) in [6.45, 7) is 1.74. The van der Waals surface area contributed by atoms with Crippen molar-refractivity contribution in [2.24, 2.45) is 0 Å². The van der Waals surface area contributed by atoms with E-state index in [1.165, 1.54) is 20.2 Å². The standard InChI is InChI=1S/C16H16N2O5S2/c1-9-8-12-14(24-9)13(16(20)18(2)25(12,21)22)15(19)17-10-4-6-11(23-3)7-5-10/h4-8,13H,1-3H3,(H,17,19). The van der Waals surface area contributed by atoms with Crippen molar-refractivity contribution in [1.82, 2.24) is 4.31 Å². The van der Waals surface area contributed by atoms with E-state index in [-0.39, 0.29) is 9.77 Å². The largest absolute Gasteiger partial charge is 0.497 e. The summed E-state index contributed by atoms with van der Waals surface area (Å²) in [5.74, 6) is -1.89. The maximum absolute atomic E-state index is 12.7. The molecule has 1 atom stereocenters. The number of carbonyl (C=O) groups excluding carboxylic acids is 2. The SMILES string of the molecule is COc1ccc(NC(=O)C2C(=O)N(C)S(=O)(=O)c3cc(C)sc32)cc1. The average molecular weight is 380 g/mol. The van der Waals surface area contributed by atoms with Gasteiger partial charge in [-0.25, -0.2) is 12.7 Å². The summed E-state index contributed by atoms with van der Waals surface area (Å²) in [5.41, 5.74) is 0.490. The Morgan fingerprint density at radius 1 is 1.28 bits per heavy atom. The van der Waals surface area contributed by atoms with Crippen molar-refractivity contribution in [3.05, 3.63) is 40.1 Å². The van der Waals surface area contributed by atoms with Crippen LogP contribution in [0.25, 0.3) is 0 Å². The lowest BCUT2D eigenvalue weighted by Crippen LogP contribution is -2.45. The zero-order valence-electron chi connectivity index (χ0n) is 13.8. The molecule has 2 aromatic rings. The zero-order chi connectivity index (χ0) is 18.4. The number of ether oxygens (including phenoxy) is 1. The van der Waals surface area contributed by atoms with Gasteiger partial charge in [-0.2, -0.15) is 0 Å². The fourth-order valence-electron chi connectivity index (χ4n) is 2.59. The number of nitrogens with zero attached hydrogens (tertiary/aromatic N) is 1. The van der Waals surface area contributed by atoms with Crippen molar-refractivity contribution in [2.75, 3.05) is 19.5 Å². The number of sulfonamides is 1. The minimum absolute atomic E-state index is 0.0204. The first-order valence-corrected chi connectivity index (χ1v) is 9.59. The number of methoxy groups -OCH3 is 1. The Balaban J connectivity index is 1.97. The Morgan fingerprint density at radius 3 is 2.52 bits per heavy atom. The first-order chi connectivity index (χ1) is 11.8.